The van der Waals surface area contributed by atoms with Gasteiger partial charge in [0, 0.05) is 4.88 Å². The number of hydrazone groups is 1. The van der Waals surface area contributed by atoms with Crippen LogP contribution in [-0.4, -0.2) is 15.1 Å². The Morgan fingerprint density at radius 1 is 1.39 bits per heavy atom. The highest BCUT2D eigenvalue weighted by atomic mass is 32.2. The van der Waals surface area contributed by atoms with E-state index in [9.17, 15) is 0 Å². The lowest BCUT2D eigenvalue weighted by atomic mass is 10.2. The fourth-order valence-electron chi connectivity index (χ4n) is 1.57. The lowest BCUT2D eigenvalue weighted by molar-refractivity contribution is 1.08. The maximum atomic E-state index is 5.97. The average Bonchev–Trinajstić information content (AvgIpc) is 2.62. The van der Waals surface area contributed by atoms with Gasteiger partial charge in [0.2, 0.25) is 0 Å². The van der Waals surface area contributed by atoms with Crippen molar-refractivity contribution in [3.05, 3.63) is 16.3 Å². The van der Waals surface area contributed by atoms with Crippen LogP contribution in [0.3, 0.4) is 0 Å². The van der Waals surface area contributed by atoms with Crippen LogP contribution in [-0.2, 0) is 5.75 Å². The first kappa shape index (κ1) is 12.9. The number of rotatable bonds is 2. The summed E-state index contributed by atoms with van der Waals surface area (Å²) in [6.45, 7) is 4.08. The second kappa shape index (κ2) is 4.99. The van der Waals surface area contributed by atoms with Crippen molar-refractivity contribution in [2.75, 3.05) is 5.73 Å². The highest BCUT2D eigenvalue weighted by Crippen LogP contribution is 2.32. The number of thioether (sulfide) groups is 1. The smallest absolute Gasteiger partial charge is 0.177 e. The second-order valence-corrected chi connectivity index (χ2v) is 5.94. The van der Waals surface area contributed by atoms with Crippen molar-refractivity contribution in [2.45, 2.75) is 19.6 Å². The molecule has 2 aromatic rings. The van der Waals surface area contributed by atoms with E-state index in [0.29, 0.717) is 22.6 Å². The molecule has 0 radical (unpaired) electrons. The van der Waals surface area contributed by atoms with Crippen molar-refractivity contribution in [2.24, 2.45) is 16.7 Å². The number of nitrogens with zero attached hydrogens (tertiary/aromatic N) is 3. The highest BCUT2D eigenvalue weighted by molar-refractivity contribution is 8.13. The number of aryl methyl sites for hydroxylation is 2. The number of nitrogen functional groups attached to an aromatic ring is 1. The molecule has 0 saturated carbocycles. The van der Waals surface area contributed by atoms with Crippen LogP contribution in [0.4, 0.5) is 5.82 Å². The number of hydrogen-bond donors (Lipinski definition) is 3. The fraction of sp³-hybridized carbons (Fsp3) is 0.300. The normalized spacial score (nSPS) is 12.2. The van der Waals surface area contributed by atoms with Crippen LogP contribution in [0, 0.1) is 13.8 Å². The molecule has 96 valence electrons. The lowest BCUT2D eigenvalue weighted by Crippen LogP contribution is -2.10. The maximum absolute atomic E-state index is 5.97. The first-order valence-electron chi connectivity index (χ1n) is 5.21. The molecule has 0 aliphatic rings. The van der Waals surface area contributed by atoms with Gasteiger partial charge in [0.15, 0.2) is 5.17 Å². The minimum Gasteiger partial charge on any atom is -0.383 e. The van der Waals surface area contributed by atoms with Gasteiger partial charge in [-0.2, -0.15) is 5.10 Å². The van der Waals surface area contributed by atoms with Crippen LogP contribution in [0.15, 0.2) is 5.10 Å². The molecule has 0 spiro atoms. The highest BCUT2D eigenvalue weighted by Gasteiger charge is 2.12. The van der Waals surface area contributed by atoms with E-state index in [2.05, 4.69) is 22.0 Å². The number of fused-ring (bicyclic) bond motifs is 1. The van der Waals surface area contributed by atoms with E-state index in [1.54, 1.807) is 11.3 Å². The van der Waals surface area contributed by atoms with Gasteiger partial charge in [0.1, 0.15) is 16.5 Å². The Bertz CT molecular complexity index is 618. The Morgan fingerprint density at radius 2 is 2.11 bits per heavy atom. The van der Waals surface area contributed by atoms with Crippen molar-refractivity contribution >= 4 is 44.3 Å². The Labute approximate surface area is 113 Å². The van der Waals surface area contributed by atoms with Crippen LogP contribution in [0.5, 0.6) is 0 Å². The topological polar surface area (TPSA) is 116 Å². The molecule has 18 heavy (non-hydrogen) atoms. The SMILES string of the molecule is Cc1sc2nc(CSC(N)=NN)nc(N)c2c1C. The molecule has 2 rings (SSSR count). The summed E-state index contributed by atoms with van der Waals surface area (Å²) in [5.41, 5.74) is 12.6. The van der Waals surface area contributed by atoms with Crippen LogP contribution in [0.1, 0.15) is 16.3 Å². The molecule has 0 aliphatic carbocycles. The monoisotopic (exact) mass is 282 g/mol. The molecule has 6 N–H and O–H groups in total. The molecule has 0 atom stereocenters. The van der Waals surface area contributed by atoms with Gasteiger partial charge in [-0.15, -0.1) is 11.3 Å². The zero-order valence-corrected chi connectivity index (χ0v) is 11.7. The molecular formula is C10H14N6S2. The minimum atomic E-state index is 0.302. The molecule has 2 aromatic heterocycles. The largest absolute Gasteiger partial charge is 0.383 e. The molecule has 0 unspecified atom stereocenters. The third kappa shape index (κ3) is 2.34. The first-order chi connectivity index (χ1) is 8.52. The lowest BCUT2D eigenvalue weighted by Gasteiger charge is -2.02. The zero-order chi connectivity index (χ0) is 13.3. The van der Waals surface area contributed by atoms with Gasteiger partial charge in [0.05, 0.1) is 11.1 Å². The molecule has 0 aromatic carbocycles. The number of thiophene rings is 1. The summed E-state index contributed by atoms with van der Waals surface area (Å²) in [5, 5.41) is 4.63. The van der Waals surface area contributed by atoms with Crippen LogP contribution < -0.4 is 17.3 Å². The number of amidine groups is 1. The summed E-state index contributed by atoms with van der Waals surface area (Å²) in [4.78, 5) is 10.9. The summed E-state index contributed by atoms with van der Waals surface area (Å²) >= 11 is 2.91. The summed E-state index contributed by atoms with van der Waals surface area (Å²) in [6, 6.07) is 0. The van der Waals surface area contributed by atoms with E-state index in [4.69, 9.17) is 17.3 Å². The van der Waals surface area contributed by atoms with Gasteiger partial charge in [-0.1, -0.05) is 11.8 Å². The van der Waals surface area contributed by atoms with E-state index < -0.39 is 0 Å². The van der Waals surface area contributed by atoms with Crippen LogP contribution in [0.25, 0.3) is 10.2 Å². The Hall–Kier alpha value is -1.54. The maximum Gasteiger partial charge on any atom is 0.177 e. The zero-order valence-electron chi connectivity index (χ0n) is 10.1. The fourth-order valence-corrected chi connectivity index (χ4v) is 3.10. The van der Waals surface area contributed by atoms with Crippen molar-refractivity contribution in [3.63, 3.8) is 0 Å². The summed E-state index contributed by atoms with van der Waals surface area (Å²) in [7, 11) is 0. The molecule has 0 bridgehead atoms. The van der Waals surface area contributed by atoms with E-state index in [-0.39, 0.29) is 0 Å². The Kier molecular flexibility index (Phi) is 3.58. The van der Waals surface area contributed by atoms with Gasteiger partial charge >= 0.3 is 0 Å². The van der Waals surface area contributed by atoms with Gasteiger partial charge in [-0.3, -0.25) is 0 Å². The third-order valence-electron chi connectivity index (χ3n) is 2.58. The van der Waals surface area contributed by atoms with Crippen LogP contribution in [0.2, 0.25) is 0 Å². The Morgan fingerprint density at radius 3 is 2.78 bits per heavy atom. The second-order valence-electron chi connectivity index (χ2n) is 3.74. The molecule has 6 nitrogen and oxygen atoms in total. The standard InChI is InChI=1S/C10H14N6S2/c1-4-5(2)18-9-7(4)8(11)14-6(15-9)3-17-10(12)16-13/h3,13H2,1-2H3,(H2,12,16)(H2,11,14,15). The number of hydrogen-bond acceptors (Lipinski definition) is 7. The summed E-state index contributed by atoms with van der Waals surface area (Å²) in [5.74, 6) is 6.71. The predicted molar refractivity (Wildman–Crippen MR) is 78.4 cm³/mol. The summed E-state index contributed by atoms with van der Waals surface area (Å²) < 4.78 is 0. The third-order valence-corrected chi connectivity index (χ3v) is 4.48. The van der Waals surface area contributed by atoms with Crippen molar-refractivity contribution in [3.8, 4) is 0 Å². The van der Waals surface area contributed by atoms with Gasteiger partial charge in [-0.05, 0) is 19.4 Å². The van der Waals surface area contributed by atoms with Gasteiger partial charge < -0.3 is 17.3 Å². The minimum absolute atomic E-state index is 0.302. The molecule has 8 heteroatoms. The molecule has 0 aliphatic heterocycles. The summed E-state index contributed by atoms with van der Waals surface area (Å²) in [6.07, 6.45) is 0. The number of nitrogens with two attached hydrogens (primary N) is 3. The molecule has 2 heterocycles. The van der Waals surface area contributed by atoms with Gasteiger partial charge in [-0.25, -0.2) is 9.97 Å². The predicted octanol–water partition coefficient (Wildman–Crippen LogP) is 1.31. The van der Waals surface area contributed by atoms with E-state index >= 15 is 0 Å². The van der Waals surface area contributed by atoms with Gasteiger partial charge in [0.25, 0.3) is 0 Å². The first-order valence-corrected chi connectivity index (χ1v) is 7.01. The number of anilines is 1. The van der Waals surface area contributed by atoms with Crippen molar-refractivity contribution < 1.29 is 0 Å². The van der Waals surface area contributed by atoms with E-state index in [1.165, 1.54) is 16.6 Å². The van der Waals surface area contributed by atoms with E-state index in [1.807, 2.05) is 6.92 Å². The van der Waals surface area contributed by atoms with Crippen molar-refractivity contribution in [1.82, 2.24) is 9.97 Å². The molecule has 0 amide bonds. The molecule has 0 fully saturated rings. The van der Waals surface area contributed by atoms with Crippen LogP contribution >= 0.6 is 23.1 Å². The Balaban J connectivity index is 2.37. The quantitative estimate of drug-likeness (QED) is 0.331. The van der Waals surface area contributed by atoms with Crippen molar-refractivity contribution in [1.29, 1.82) is 0 Å². The molecule has 0 saturated heterocycles. The number of aromatic nitrogens is 2. The molecular weight excluding hydrogens is 268 g/mol. The van der Waals surface area contributed by atoms with E-state index in [0.717, 1.165) is 15.8 Å². The average molecular weight is 282 g/mol.